The summed E-state index contributed by atoms with van der Waals surface area (Å²) < 4.78 is 5.47. The van der Waals surface area contributed by atoms with E-state index in [0.717, 1.165) is 6.54 Å². The van der Waals surface area contributed by atoms with E-state index in [0.29, 0.717) is 23.9 Å². The number of nitrogens with one attached hydrogen (secondary N) is 1. The average Bonchev–Trinajstić information content (AvgIpc) is 2.45. The lowest BCUT2D eigenvalue weighted by Gasteiger charge is -2.20. The average molecular weight is 309 g/mol. The highest BCUT2D eigenvalue weighted by Gasteiger charge is 2.08. The van der Waals surface area contributed by atoms with Gasteiger partial charge in [0.05, 0.1) is 5.56 Å². The number of para-hydroxylation sites is 1. The Bertz CT molecular complexity index is 492. The van der Waals surface area contributed by atoms with E-state index in [1.807, 2.05) is 19.2 Å². The number of hydrogen-bond donors (Lipinski definition) is 2. The molecule has 6 heteroatoms. The third-order valence-corrected chi connectivity index (χ3v) is 3.40. The van der Waals surface area contributed by atoms with Crippen molar-refractivity contribution in [1.29, 1.82) is 0 Å². The molecule has 1 amide bonds. The quantitative estimate of drug-likeness (QED) is 0.705. The van der Waals surface area contributed by atoms with Crippen LogP contribution in [-0.2, 0) is 4.79 Å². The molecule has 0 aliphatic carbocycles. The first kappa shape index (κ1) is 17.4. The molecule has 1 aromatic rings. The SMILES string of the molecule is CC(C)N(C)CCNC(=O)COc1ccccc1C(N)=S. The van der Waals surface area contributed by atoms with E-state index < -0.39 is 0 Å². The van der Waals surface area contributed by atoms with Crippen molar-refractivity contribution in [3.05, 3.63) is 29.8 Å². The molecule has 0 aromatic heterocycles. The van der Waals surface area contributed by atoms with E-state index in [2.05, 4.69) is 24.1 Å². The summed E-state index contributed by atoms with van der Waals surface area (Å²) in [5.74, 6) is 0.365. The molecular weight excluding hydrogens is 286 g/mol. The molecule has 0 radical (unpaired) electrons. The Morgan fingerprint density at radius 2 is 2.10 bits per heavy atom. The van der Waals surface area contributed by atoms with E-state index in [4.69, 9.17) is 22.7 Å². The van der Waals surface area contributed by atoms with Crippen LogP contribution in [0.4, 0.5) is 0 Å². The van der Waals surface area contributed by atoms with Crippen molar-refractivity contribution in [2.75, 3.05) is 26.7 Å². The van der Waals surface area contributed by atoms with Crippen LogP contribution in [0, 0.1) is 0 Å². The van der Waals surface area contributed by atoms with E-state index >= 15 is 0 Å². The number of hydrogen-bond acceptors (Lipinski definition) is 4. The molecule has 3 N–H and O–H groups in total. The molecule has 116 valence electrons. The first-order valence-electron chi connectivity index (χ1n) is 6.90. The van der Waals surface area contributed by atoms with Gasteiger partial charge in [0.15, 0.2) is 6.61 Å². The second-order valence-electron chi connectivity index (χ2n) is 5.07. The molecule has 0 spiro atoms. The third kappa shape index (κ3) is 6.10. The molecule has 0 aliphatic heterocycles. The predicted octanol–water partition coefficient (Wildman–Crippen LogP) is 1.16. The number of carbonyl (C=O) groups is 1. The van der Waals surface area contributed by atoms with Crippen molar-refractivity contribution < 1.29 is 9.53 Å². The van der Waals surface area contributed by atoms with Crippen molar-refractivity contribution in [2.45, 2.75) is 19.9 Å². The Morgan fingerprint density at radius 1 is 1.43 bits per heavy atom. The lowest BCUT2D eigenvalue weighted by Crippen LogP contribution is -2.37. The zero-order valence-electron chi connectivity index (χ0n) is 12.8. The van der Waals surface area contributed by atoms with Crippen molar-refractivity contribution >= 4 is 23.1 Å². The predicted molar refractivity (Wildman–Crippen MR) is 88.6 cm³/mol. The minimum atomic E-state index is -0.162. The molecule has 0 heterocycles. The highest BCUT2D eigenvalue weighted by molar-refractivity contribution is 7.80. The van der Waals surface area contributed by atoms with E-state index in [1.165, 1.54) is 0 Å². The minimum absolute atomic E-state index is 0.0506. The van der Waals surface area contributed by atoms with Gasteiger partial charge in [-0.25, -0.2) is 0 Å². The number of carbonyl (C=O) groups excluding carboxylic acids is 1. The zero-order chi connectivity index (χ0) is 15.8. The Hall–Kier alpha value is -1.66. The maximum absolute atomic E-state index is 11.7. The number of thiocarbonyl (C=S) groups is 1. The number of nitrogens with two attached hydrogens (primary N) is 1. The van der Waals surface area contributed by atoms with Gasteiger partial charge in [-0.05, 0) is 33.0 Å². The van der Waals surface area contributed by atoms with Crippen molar-refractivity contribution in [1.82, 2.24) is 10.2 Å². The number of likely N-dealkylation sites (N-methyl/N-ethyl adjacent to an activating group) is 1. The molecule has 1 aromatic carbocycles. The molecule has 1 rings (SSSR count). The fraction of sp³-hybridized carbons (Fsp3) is 0.467. The van der Waals surface area contributed by atoms with Gasteiger partial charge in [-0.3, -0.25) is 4.79 Å². The standard InChI is InChI=1S/C15H23N3O2S/c1-11(2)18(3)9-8-17-14(19)10-20-13-7-5-4-6-12(13)15(16)21/h4-7,11H,8-10H2,1-3H3,(H2,16,21)(H,17,19). The second-order valence-corrected chi connectivity index (χ2v) is 5.51. The number of benzene rings is 1. The lowest BCUT2D eigenvalue weighted by atomic mass is 10.2. The molecule has 0 fully saturated rings. The Labute approximate surface area is 131 Å². The summed E-state index contributed by atoms with van der Waals surface area (Å²) in [7, 11) is 2.02. The maximum Gasteiger partial charge on any atom is 0.257 e. The monoisotopic (exact) mass is 309 g/mol. The highest BCUT2D eigenvalue weighted by atomic mass is 32.1. The summed E-state index contributed by atoms with van der Waals surface area (Å²) in [6, 6.07) is 7.60. The summed E-state index contributed by atoms with van der Waals surface area (Å²) in [5, 5.41) is 2.82. The lowest BCUT2D eigenvalue weighted by molar-refractivity contribution is -0.123. The maximum atomic E-state index is 11.7. The molecule has 5 nitrogen and oxygen atoms in total. The van der Waals surface area contributed by atoms with Crippen molar-refractivity contribution in [3.63, 3.8) is 0 Å². The molecule has 0 aliphatic rings. The van der Waals surface area contributed by atoms with Gasteiger partial charge in [-0.15, -0.1) is 0 Å². The molecule has 21 heavy (non-hydrogen) atoms. The topological polar surface area (TPSA) is 67.6 Å². The van der Waals surface area contributed by atoms with Crippen LogP contribution in [0.3, 0.4) is 0 Å². The second kappa shape index (κ2) is 8.59. The van der Waals surface area contributed by atoms with E-state index in [9.17, 15) is 4.79 Å². The minimum Gasteiger partial charge on any atom is -0.483 e. The van der Waals surface area contributed by atoms with Gasteiger partial charge in [0.2, 0.25) is 0 Å². The summed E-state index contributed by atoms with van der Waals surface area (Å²) >= 11 is 4.94. The highest BCUT2D eigenvalue weighted by Crippen LogP contribution is 2.17. The number of nitrogens with zero attached hydrogens (tertiary/aromatic N) is 1. The Morgan fingerprint density at radius 3 is 2.71 bits per heavy atom. The molecule has 0 saturated carbocycles. The van der Waals surface area contributed by atoms with E-state index in [-0.39, 0.29) is 17.5 Å². The number of rotatable bonds is 8. The Balaban J connectivity index is 2.38. The summed E-state index contributed by atoms with van der Waals surface area (Å²) in [4.78, 5) is 14.1. The van der Waals surface area contributed by atoms with Crippen LogP contribution in [0.2, 0.25) is 0 Å². The van der Waals surface area contributed by atoms with Gasteiger partial charge in [0, 0.05) is 19.1 Å². The fourth-order valence-corrected chi connectivity index (χ4v) is 1.79. The van der Waals surface area contributed by atoms with Gasteiger partial charge in [0.1, 0.15) is 10.7 Å². The summed E-state index contributed by atoms with van der Waals surface area (Å²) in [5.41, 5.74) is 6.25. The summed E-state index contributed by atoms with van der Waals surface area (Å²) in [6.45, 7) is 5.56. The van der Waals surface area contributed by atoms with Crippen molar-refractivity contribution in [2.24, 2.45) is 5.73 Å². The van der Waals surface area contributed by atoms with E-state index in [1.54, 1.807) is 12.1 Å². The number of ether oxygens (including phenoxy) is 1. The molecule has 0 bridgehead atoms. The van der Waals surface area contributed by atoms with Gasteiger partial charge < -0.3 is 20.7 Å². The summed E-state index contributed by atoms with van der Waals surface area (Å²) in [6.07, 6.45) is 0. The van der Waals surface area contributed by atoms with Crippen LogP contribution in [-0.4, -0.2) is 48.6 Å². The number of amides is 1. The molecule has 0 saturated heterocycles. The fourth-order valence-electron chi connectivity index (χ4n) is 1.62. The first-order valence-corrected chi connectivity index (χ1v) is 7.31. The van der Waals surface area contributed by atoms with Gasteiger partial charge in [-0.1, -0.05) is 24.4 Å². The molecule has 0 unspecified atom stereocenters. The van der Waals surface area contributed by atoms with Crippen LogP contribution in [0.25, 0.3) is 0 Å². The van der Waals surface area contributed by atoms with Crippen LogP contribution in [0.5, 0.6) is 5.75 Å². The third-order valence-electron chi connectivity index (χ3n) is 3.18. The zero-order valence-corrected chi connectivity index (χ0v) is 13.6. The van der Waals surface area contributed by atoms with Gasteiger partial charge >= 0.3 is 0 Å². The Kier molecular flexibility index (Phi) is 7.11. The van der Waals surface area contributed by atoms with Crippen molar-refractivity contribution in [3.8, 4) is 5.75 Å². The molecular formula is C15H23N3O2S. The van der Waals surface area contributed by atoms with Crippen LogP contribution in [0.15, 0.2) is 24.3 Å². The van der Waals surface area contributed by atoms with Gasteiger partial charge in [0.25, 0.3) is 5.91 Å². The van der Waals surface area contributed by atoms with Crippen LogP contribution < -0.4 is 15.8 Å². The normalized spacial score (nSPS) is 10.7. The molecule has 0 atom stereocenters. The smallest absolute Gasteiger partial charge is 0.257 e. The van der Waals surface area contributed by atoms with Gasteiger partial charge in [-0.2, -0.15) is 0 Å². The van der Waals surface area contributed by atoms with Crippen LogP contribution in [0.1, 0.15) is 19.4 Å². The largest absolute Gasteiger partial charge is 0.483 e. The first-order chi connectivity index (χ1) is 9.91. The van der Waals surface area contributed by atoms with Crippen LogP contribution >= 0.6 is 12.2 Å².